The summed E-state index contributed by atoms with van der Waals surface area (Å²) in [4.78, 5) is 4.96. The minimum absolute atomic E-state index is 0.843. The molecule has 28 heavy (non-hydrogen) atoms. The van der Waals surface area contributed by atoms with E-state index >= 15 is 0 Å². The Kier molecular flexibility index (Phi) is 5.92. The van der Waals surface area contributed by atoms with E-state index in [1.54, 1.807) is 0 Å². The number of benzene rings is 2. The molecule has 1 aliphatic heterocycles. The first-order chi connectivity index (χ1) is 13.7. The standard InChI is InChI=1S/C25H31N3/c1-18-8-5-12-21(19(18)2)25-16-24(22-11-3-4-13-23(22)28-25)27-15-7-10-20-9-6-14-26-17-20/h3-5,8,11-13,16,20,26H,6-7,9-10,14-15,17H2,1-2H3,(H,27,28). The third-order valence-corrected chi connectivity index (χ3v) is 6.10. The van der Waals surface area contributed by atoms with Crippen molar-refractivity contribution in [2.75, 3.05) is 25.0 Å². The summed E-state index contributed by atoms with van der Waals surface area (Å²) in [5.74, 6) is 0.843. The highest BCUT2D eigenvalue weighted by atomic mass is 14.9. The van der Waals surface area contributed by atoms with E-state index in [9.17, 15) is 0 Å². The van der Waals surface area contributed by atoms with E-state index < -0.39 is 0 Å². The summed E-state index contributed by atoms with van der Waals surface area (Å²) in [7, 11) is 0. The SMILES string of the molecule is Cc1cccc(-c2cc(NCCCC3CCCNC3)c3ccccc3n2)c1C. The first kappa shape index (κ1) is 18.9. The molecule has 2 heterocycles. The summed E-state index contributed by atoms with van der Waals surface area (Å²) in [6, 6.07) is 17.2. The van der Waals surface area contributed by atoms with Gasteiger partial charge >= 0.3 is 0 Å². The summed E-state index contributed by atoms with van der Waals surface area (Å²) in [6.07, 6.45) is 5.21. The normalized spacial score (nSPS) is 17.0. The third-order valence-electron chi connectivity index (χ3n) is 6.10. The predicted octanol–water partition coefficient (Wildman–Crippen LogP) is 5.71. The molecule has 146 valence electrons. The maximum Gasteiger partial charge on any atom is 0.0733 e. The second-order valence-corrected chi connectivity index (χ2v) is 8.10. The summed E-state index contributed by atoms with van der Waals surface area (Å²) >= 11 is 0. The van der Waals surface area contributed by atoms with Crippen LogP contribution in [0.4, 0.5) is 5.69 Å². The van der Waals surface area contributed by atoms with Gasteiger partial charge in [0.25, 0.3) is 0 Å². The molecule has 1 unspecified atom stereocenters. The maximum absolute atomic E-state index is 4.96. The van der Waals surface area contributed by atoms with Crippen LogP contribution < -0.4 is 10.6 Å². The number of nitrogens with one attached hydrogen (secondary N) is 2. The molecule has 0 aliphatic carbocycles. The Morgan fingerprint density at radius 2 is 2.00 bits per heavy atom. The maximum atomic E-state index is 4.96. The number of aromatic nitrogens is 1. The Bertz CT molecular complexity index is 942. The average Bonchev–Trinajstić information content (AvgIpc) is 2.73. The molecule has 0 saturated carbocycles. The van der Waals surface area contributed by atoms with E-state index in [-0.39, 0.29) is 0 Å². The van der Waals surface area contributed by atoms with Crippen molar-refractivity contribution < 1.29 is 0 Å². The van der Waals surface area contributed by atoms with Crippen molar-refractivity contribution in [1.82, 2.24) is 10.3 Å². The molecule has 0 bridgehead atoms. The lowest BCUT2D eigenvalue weighted by Crippen LogP contribution is -2.29. The second-order valence-electron chi connectivity index (χ2n) is 8.10. The number of hydrogen-bond acceptors (Lipinski definition) is 3. The van der Waals surface area contributed by atoms with Gasteiger partial charge in [0.2, 0.25) is 0 Å². The number of hydrogen-bond donors (Lipinski definition) is 2. The summed E-state index contributed by atoms with van der Waals surface area (Å²) in [5.41, 5.74) is 7.15. The van der Waals surface area contributed by atoms with Crippen LogP contribution in [0.1, 0.15) is 36.8 Å². The van der Waals surface area contributed by atoms with Gasteiger partial charge in [0.05, 0.1) is 11.2 Å². The fourth-order valence-corrected chi connectivity index (χ4v) is 4.27. The molecule has 1 atom stereocenters. The first-order valence-electron chi connectivity index (χ1n) is 10.6. The Morgan fingerprint density at radius 3 is 2.86 bits per heavy atom. The smallest absolute Gasteiger partial charge is 0.0733 e. The van der Waals surface area contributed by atoms with Crippen LogP contribution in [0.5, 0.6) is 0 Å². The molecule has 3 nitrogen and oxygen atoms in total. The summed E-state index contributed by atoms with van der Waals surface area (Å²) in [5, 5.41) is 8.44. The van der Waals surface area contributed by atoms with Gasteiger partial charge in [-0.15, -0.1) is 0 Å². The van der Waals surface area contributed by atoms with Gasteiger partial charge in [-0.2, -0.15) is 0 Å². The van der Waals surface area contributed by atoms with Crippen molar-refractivity contribution in [3.8, 4) is 11.3 Å². The lowest BCUT2D eigenvalue weighted by atomic mass is 9.95. The van der Waals surface area contributed by atoms with Crippen molar-refractivity contribution in [2.24, 2.45) is 5.92 Å². The van der Waals surface area contributed by atoms with Crippen LogP contribution >= 0.6 is 0 Å². The highest BCUT2D eigenvalue weighted by Crippen LogP contribution is 2.31. The Balaban J connectivity index is 1.55. The largest absolute Gasteiger partial charge is 0.384 e. The number of nitrogens with zero attached hydrogens (tertiary/aromatic N) is 1. The molecule has 1 aromatic heterocycles. The molecular formula is C25H31N3. The van der Waals surface area contributed by atoms with E-state index in [1.807, 2.05) is 0 Å². The van der Waals surface area contributed by atoms with Gasteiger partial charge in [-0.1, -0.05) is 36.4 Å². The molecule has 2 N–H and O–H groups in total. The molecule has 0 radical (unpaired) electrons. The molecule has 2 aromatic carbocycles. The number of anilines is 1. The Hall–Kier alpha value is -2.39. The Morgan fingerprint density at radius 1 is 1.11 bits per heavy atom. The predicted molar refractivity (Wildman–Crippen MR) is 120 cm³/mol. The van der Waals surface area contributed by atoms with Crippen molar-refractivity contribution in [1.29, 1.82) is 0 Å². The lowest BCUT2D eigenvalue weighted by molar-refractivity contribution is 0.353. The molecule has 1 saturated heterocycles. The topological polar surface area (TPSA) is 37.0 Å². The van der Waals surface area contributed by atoms with E-state index in [1.165, 1.54) is 66.5 Å². The number of para-hydroxylation sites is 1. The highest BCUT2D eigenvalue weighted by molar-refractivity contribution is 5.94. The zero-order valence-electron chi connectivity index (χ0n) is 17.1. The number of aryl methyl sites for hydroxylation is 1. The fraction of sp³-hybridized carbons (Fsp3) is 0.400. The molecule has 4 rings (SSSR count). The molecule has 3 heteroatoms. The molecular weight excluding hydrogens is 342 g/mol. The van der Waals surface area contributed by atoms with Crippen LogP contribution in [0.2, 0.25) is 0 Å². The van der Waals surface area contributed by atoms with Gasteiger partial charge in [0.15, 0.2) is 0 Å². The second kappa shape index (κ2) is 8.74. The van der Waals surface area contributed by atoms with E-state index in [4.69, 9.17) is 4.98 Å². The van der Waals surface area contributed by atoms with Crippen LogP contribution in [-0.4, -0.2) is 24.6 Å². The number of rotatable bonds is 6. The molecule has 3 aromatic rings. The van der Waals surface area contributed by atoms with Crippen molar-refractivity contribution >= 4 is 16.6 Å². The molecule has 1 aliphatic rings. The van der Waals surface area contributed by atoms with Crippen molar-refractivity contribution in [2.45, 2.75) is 39.5 Å². The average molecular weight is 374 g/mol. The Labute approximate surface area is 168 Å². The van der Waals surface area contributed by atoms with Gasteiger partial charge in [0.1, 0.15) is 0 Å². The molecule has 0 spiro atoms. The zero-order chi connectivity index (χ0) is 19.3. The van der Waals surface area contributed by atoms with Gasteiger partial charge < -0.3 is 10.6 Å². The van der Waals surface area contributed by atoms with E-state index in [2.05, 4.69) is 73.0 Å². The number of pyridine rings is 1. The van der Waals surface area contributed by atoms with Gasteiger partial charge in [0, 0.05) is 23.2 Å². The minimum atomic E-state index is 0.843. The quantitative estimate of drug-likeness (QED) is 0.543. The molecule has 1 fully saturated rings. The van der Waals surface area contributed by atoms with Crippen molar-refractivity contribution in [3.05, 3.63) is 59.7 Å². The monoisotopic (exact) mass is 373 g/mol. The summed E-state index contributed by atoms with van der Waals surface area (Å²) in [6.45, 7) is 7.75. The zero-order valence-corrected chi connectivity index (χ0v) is 17.1. The first-order valence-corrected chi connectivity index (χ1v) is 10.6. The molecule has 0 amide bonds. The number of piperidine rings is 1. The van der Waals surface area contributed by atoms with Crippen LogP contribution in [-0.2, 0) is 0 Å². The van der Waals surface area contributed by atoms with E-state index in [0.29, 0.717) is 0 Å². The number of fused-ring (bicyclic) bond motifs is 1. The van der Waals surface area contributed by atoms with Crippen LogP contribution in [0.15, 0.2) is 48.5 Å². The van der Waals surface area contributed by atoms with Gasteiger partial charge in [-0.25, -0.2) is 4.98 Å². The van der Waals surface area contributed by atoms with Crippen LogP contribution in [0.3, 0.4) is 0 Å². The third kappa shape index (κ3) is 4.20. The van der Waals surface area contributed by atoms with E-state index in [0.717, 1.165) is 23.7 Å². The lowest BCUT2D eigenvalue weighted by Gasteiger charge is -2.22. The van der Waals surface area contributed by atoms with Crippen LogP contribution in [0.25, 0.3) is 22.2 Å². The minimum Gasteiger partial charge on any atom is -0.384 e. The fourth-order valence-electron chi connectivity index (χ4n) is 4.27. The van der Waals surface area contributed by atoms with Crippen molar-refractivity contribution in [3.63, 3.8) is 0 Å². The van der Waals surface area contributed by atoms with Gasteiger partial charge in [-0.3, -0.25) is 0 Å². The van der Waals surface area contributed by atoms with Gasteiger partial charge in [-0.05, 0) is 81.8 Å². The highest BCUT2D eigenvalue weighted by Gasteiger charge is 2.13. The summed E-state index contributed by atoms with van der Waals surface area (Å²) < 4.78 is 0. The van der Waals surface area contributed by atoms with Crippen LogP contribution in [0, 0.1) is 19.8 Å².